The topological polar surface area (TPSA) is 66.4 Å². The number of hydrogen-bond donors (Lipinski definition) is 2. The molecule has 4 nitrogen and oxygen atoms in total. The van der Waals surface area contributed by atoms with Crippen molar-refractivity contribution in [3.63, 3.8) is 0 Å². The first kappa shape index (κ1) is 9.73. The minimum absolute atomic E-state index is 0.495. The molecule has 0 spiro atoms. The monoisotopic (exact) mass is 199 g/mol. The van der Waals surface area contributed by atoms with Crippen LogP contribution in [0.3, 0.4) is 0 Å². The molecule has 1 rings (SSSR count). The summed E-state index contributed by atoms with van der Waals surface area (Å²) in [5.74, 6) is -2.71. The van der Waals surface area contributed by atoms with Crippen molar-refractivity contribution >= 4 is 23.2 Å². The van der Waals surface area contributed by atoms with Gasteiger partial charge in [-0.1, -0.05) is 0 Å². The van der Waals surface area contributed by atoms with Crippen LogP contribution in [-0.4, -0.2) is 24.0 Å². The van der Waals surface area contributed by atoms with E-state index in [1.807, 2.05) is 0 Å². The molecule has 0 saturated carbocycles. The number of aliphatic carboxylic acids is 1. The van der Waals surface area contributed by atoms with Gasteiger partial charge in [0, 0.05) is 7.05 Å². The van der Waals surface area contributed by atoms with Gasteiger partial charge in [-0.2, -0.15) is 11.3 Å². The van der Waals surface area contributed by atoms with Gasteiger partial charge in [-0.25, -0.2) is 0 Å². The molecular formula is C8H9NO3S. The lowest BCUT2D eigenvalue weighted by atomic mass is 10.0. The third-order valence-corrected chi connectivity index (χ3v) is 2.33. The summed E-state index contributed by atoms with van der Waals surface area (Å²) in [4.78, 5) is 21.9. The highest BCUT2D eigenvalue weighted by Gasteiger charge is 2.27. The summed E-state index contributed by atoms with van der Waals surface area (Å²) in [6.07, 6.45) is 0. The van der Waals surface area contributed by atoms with Gasteiger partial charge < -0.3 is 10.4 Å². The fourth-order valence-electron chi connectivity index (χ4n) is 0.990. The standard InChI is InChI=1S/C8H9NO3S/c1-9-7(10)6(8(11)12)5-2-3-13-4-5/h2-4,6H,1H3,(H,9,10)(H,11,12). The van der Waals surface area contributed by atoms with Crippen LogP contribution in [0, 0.1) is 0 Å². The number of carbonyl (C=O) groups is 2. The molecule has 0 aliphatic carbocycles. The third kappa shape index (κ3) is 2.06. The summed E-state index contributed by atoms with van der Waals surface area (Å²) in [6.45, 7) is 0. The van der Waals surface area contributed by atoms with Crippen molar-refractivity contribution in [2.24, 2.45) is 0 Å². The van der Waals surface area contributed by atoms with Gasteiger partial charge in [-0.15, -0.1) is 0 Å². The largest absolute Gasteiger partial charge is 0.480 e. The normalized spacial score (nSPS) is 12.1. The van der Waals surface area contributed by atoms with Gasteiger partial charge in [0.25, 0.3) is 0 Å². The Labute approximate surface area is 79.2 Å². The van der Waals surface area contributed by atoms with E-state index in [-0.39, 0.29) is 0 Å². The first-order chi connectivity index (χ1) is 6.16. The number of carbonyl (C=O) groups excluding carboxylic acids is 1. The zero-order valence-corrected chi connectivity index (χ0v) is 7.80. The Balaban J connectivity index is 2.93. The second kappa shape index (κ2) is 4.04. The highest BCUT2D eigenvalue weighted by atomic mass is 32.1. The summed E-state index contributed by atoms with van der Waals surface area (Å²) >= 11 is 1.37. The average Bonchev–Trinajstić information content (AvgIpc) is 2.56. The SMILES string of the molecule is CNC(=O)C(C(=O)O)c1ccsc1. The van der Waals surface area contributed by atoms with Crippen molar-refractivity contribution in [3.8, 4) is 0 Å². The number of carboxylic acids is 1. The Kier molecular flexibility index (Phi) is 3.02. The van der Waals surface area contributed by atoms with Crippen LogP contribution in [0.5, 0.6) is 0 Å². The summed E-state index contributed by atoms with van der Waals surface area (Å²) in [7, 11) is 1.42. The predicted octanol–water partition coefficient (Wildman–Crippen LogP) is 0.662. The van der Waals surface area contributed by atoms with Crippen molar-refractivity contribution in [2.45, 2.75) is 5.92 Å². The molecule has 0 aliphatic rings. The molecule has 1 aromatic rings. The lowest BCUT2D eigenvalue weighted by molar-refractivity contribution is -0.143. The maximum Gasteiger partial charge on any atom is 0.320 e. The molecule has 2 N–H and O–H groups in total. The van der Waals surface area contributed by atoms with Crippen molar-refractivity contribution in [1.29, 1.82) is 0 Å². The molecule has 0 saturated heterocycles. The van der Waals surface area contributed by atoms with Crippen molar-refractivity contribution in [3.05, 3.63) is 22.4 Å². The van der Waals surface area contributed by atoms with Crippen LogP contribution in [0.4, 0.5) is 0 Å². The van der Waals surface area contributed by atoms with E-state index < -0.39 is 17.8 Å². The molecule has 1 unspecified atom stereocenters. The van der Waals surface area contributed by atoms with E-state index in [0.717, 1.165) is 0 Å². The van der Waals surface area contributed by atoms with Gasteiger partial charge in [0.05, 0.1) is 0 Å². The lowest BCUT2D eigenvalue weighted by Gasteiger charge is -2.07. The summed E-state index contributed by atoms with van der Waals surface area (Å²) in [5, 5.41) is 14.5. The fourth-order valence-corrected chi connectivity index (χ4v) is 1.68. The van der Waals surface area contributed by atoms with Gasteiger partial charge in [-0.3, -0.25) is 9.59 Å². The summed E-state index contributed by atoms with van der Waals surface area (Å²) < 4.78 is 0. The van der Waals surface area contributed by atoms with Crippen LogP contribution in [0.15, 0.2) is 16.8 Å². The zero-order valence-electron chi connectivity index (χ0n) is 6.98. The van der Waals surface area contributed by atoms with Crippen LogP contribution in [-0.2, 0) is 9.59 Å². The van der Waals surface area contributed by atoms with E-state index in [9.17, 15) is 9.59 Å². The lowest BCUT2D eigenvalue weighted by Crippen LogP contribution is -2.30. The molecule has 1 heterocycles. The molecule has 0 radical (unpaired) electrons. The van der Waals surface area contributed by atoms with Crippen LogP contribution in [0.2, 0.25) is 0 Å². The second-order valence-corrected chi connectivity index (χ2v) is 3.22. The first-order valence-corrected chi connectivity index (χ1v) is 4.57. The van der Waals surface area contributed by atoms with Gasteiger partial charge in [-0.05, 0) is 22.4 Å². The molecule has 0 aliphatic heterocycles. The highest BCUT2D eigenvalue weighted by Crippen LogP contribution is 2.18. The summed E-state index contributed by atoms with van der Waals surface area (Å²) in [6, 6.07) is 1.64. The van der Waals surface area contributed by atoms with Crippen molar-refractivity contribution in [1.82, 2.24) is 5.32 Å². The van der Waals surface area contributed by atoms with Gasteiger partial charge in [0.2, 0.25) is 5.91 Å². The van der Waals surface area contributed by atoms with E-state index >= 15 is 0 Å². The van der Waals surface area contributed by atoms with E-state index in [1.54, 1.807) is 16.8 Å². The average molecular weight is 199 g/mol. The zero-order chi connectivity index (χ0) is 9.84. The van der Waals surface area contributed by atoms with Gasteiger partial charge in [0.15, 0.2) is 5.92 Å². The van der Waals surface area contributed by atoms with Crippen LogP contribution >= 0.6 is 11.3 Å². The summed E-state index contributed by atoms with van der Waals surface area (Å²) in [5.41, 5.74) is 0.525. The fraction of sp³-hybridized carbons (Fsp3) is 0.250. The van der Waals surface area contributed by atoms with Crippen LogP contribution in [0.1, 0.15) is 11.5 Å². The number of hydrogen-bond acceptors (Lipinski definition) is 3. The van der Waals surface area contributed by atoms with Crippen LogP contribution in [0.25, 0.3) is 0 Å². The Morgan fingerprint density at radius 2 is 2.31 bits per heavy atom. The highest BCUT2D eigenvalue weighted by molar-refractivity contribution is 7.08. The van der Waals surface area contributed by atoms with Crippen molar-refractivity contribution < 1.29 is 14.7 Å². The number of thiophene rings is 1. The first-order valence-electron chi connectivity index (χ1n) is 3.63. The number of rotatable bonds is 3. The molecule has 5 heteroatoms. The van der Waals surface area contributed by atoms with E-state index in [0.29, 0.717) is 5.56 Å². The van der Waals surface area contributed by atoms with E-state index in [4.69, 9.17) is 5.11 Å². The number of carboxylic acid groups (broad SMARTS) is 1. The predicted molar refractivity (Wildman–Crippen MR) is 48.8 cm³/mol. The molecule has 70 valence electrons. The maximum atomic E-state index is 11.2. The number of nitrogens with one attached hydrogen (secondary N) is 1. The Hall–Kier alpha value is -1.36. The molecular weight excluding hydrogens is 190 g/mol. The van der Waals surface area contributed by atoms with Gasteiger partial charge >= 0.3 is 5.97 Å². The minimum Gasteiger partial charge on any atom is -0.480 e. The van der Waals surface area contributed by atoms with E-state index in [1.165, 1.54) is 18.4 Å². The number of amides is 1. The van der Waals surface area contributed by atoms with E-state index in [2.05, 4.69) is 5.32 Å². The Morgan fingerprint density at radius 1 is 1.62 bits per heavy atom. The quantitative estimate of drug-likeness (QED) is 0.703. The molecule has 13 heavy (non-hydrogen) atoms. The Morgan fingerprint density at radius 3 is 2.69 bits per heavy atom. The minimum atomic E-state index is -1.13. The van der Waals surface area contributed by atoms with Gasteiger partial charge in [0.1, 0.15) is 0 Å². The number of likely N-dealkylation sites (N-methyl/N-ethyl adjacent to an activating group) is 1. The maximum absolute atomic E-state index is 11.2. The molecule has 1 atom stereocenters. The van der Waals surface area contributed by atoms with Crippen LogP contribution < -0.4 is 5.32 Å². The van der Waals surface area contributed by atoms with Crippen molar-refractivity contribution in [2.75, 3.05) is 7.05 Å². The molecule has 0 bridgehead atoms. The smallest absolute Gasteiger partial charge is 0.320 e. The molecule has 0 fully saturated rings. The molecule has 1 amide bonds. The molecule has 1 aromatic heterocycles. The second-order valence-electron chi connectivity index (χ2n) is 2.44. The molecule has 0 aromatic carbocycles. The third-order valence-electron chi connectivity index (χ3n) is 1.63. The Bertz CT molecular complexity index is 307.